The molecule has 0 spiro atoms. The highest BCUT2D eigenvalue weighted by atomic mass is 35.5. The lowest BCUT2D eigenvalue weighted by Crippen LogP contribution is -2.11. The highest BCUT2D eigenvalue weighted by molar-refractivity contribution is 6.31. The molecule has 3 rings (SSSR count). The average molecular weight is 442 g/mol. The van der Waals surface area contributed by atoms with Crippen molar-refractivity contribution < 1.29 is 18.1 Å². The Bertz CT molecular complexity index is 1030. The Morgan fingerprint density at radius 2 is 2.00 bits per heavy atom. The van der Waals surface area contributed by atoms with Crippen molar-refractivity contribution in [2.24, 2.45) is 0 Å². The summed E-state index contributed by atoms with van der Waals surface area (Å²) in [5, 5.41) is 16.5. The van der Waals surface area contributed by atoms with Crippen LogP contribution in [-0.4, -0.2) is 31.0 Å². The fraction of sp³-hybridized carbons (Fsp3) is 0.235. The maximum Gasteiger partial charge on any atom is 0.417 e. The van der Waals surface area contributed by atoms with E-state index < -0.39 is 27.4 Å². The van der Waals surface area contributed by atoms with Crippen molar-refractivity contribution in [3.63, 3.8) is 0 Å². The summed E-state index contributed by atoms with van der Waals surface area (Å²) in [6.07, 6.45) is 2.11. The molecule has 2 heterocycles. The van der Waals surface area contributed by atoms with Crippen LogP contribution in [0.5, 0.6) is 0 Å². The van der Waals surface area contributed by atoms with Gasteiger partial charge in [0.15, 0.2) is 0 Å². The molecule has 0 fully saturated rings. The second-order valence-electron chi connectivity index (χ2n) is 6.07. The maximum absolute atomic E-state index is 13.1. The predicted octanol–water partition coefficient (Wildman–Crippen LogP) is 4.50. The van der Waals surface area contributed by atoms with E-state index >= 15 is 0 Å². The number of halogens is 4. The molecule has 0 saturated carbocycles. The van der Waals surface area contributed by atoms with Gasteiger partial charge in [-0.3, -0.25) is 10.1 Å². The molecule has 158 valence electrons. The zero-order valence-corrected chi connectivity index (χ0v) is 16.0. The monoisotopic (exact) mass is 441 g/mol. The van der Waals surface area contributed by atoms with E-state index in [4.69, 9.17) is 11.6 Å². The number of aromatic nitrogens is 4. The summed E-state index contributed by atoms with van der Waals surface area (Å²) in [5.41, 5.74) is -1.60. The van der Waals surface area contributed by atoms with Crippen molar-refractivity contribution in [3.8, 4) is 0 Å². The van der Waals surface area contributed by atoms with E-state index in [1.54, 1.807) is 18.7 Å². The molecular formula is C17H15ClF3N7O2. The molecule has 0 atom stereocenters. The van der Waals surface area contributed by atoms with Crippen LogP contribution in [0.25, 0.3) is 0 Å². The van der Waals surface area contributed by atoms with Crippen LogP contribution in [0.4, 0.5) is 36.2 Å². The molecule has 3 aromatic rings. The summed E-state index contributed by atoms with van der Waals surface area (Å²) < 4.78 is 41.0. The summed E-state index contributed by atoms with van der Waals surface area (Å²) in [6.45, 7) is 1.01. The minimum absolute atomic E-state index is 0.0480. The van der Waals surface area contributed by atoms with E-state index in [9.17, 15) is 23.3 Å². The summed E-state index contributed by atoms with van der Waals surface area (Å²) in [5.74, 6) is -0.296. The van der Waals surface area contributed by atoms with Crippen molar-refractivity contribution in [1.82, 2.24) is 19.5 Å². The largest absolute Gasteiger partial charge is 0.417 e. The number of nitrogens with zero attached hydrogens (tertiary/aromatic N) is 5. The Labute approximate surface area is 173 Å². The second-order valence-corrected chi connectivity index (χ2v) is 6.48. The molecule has 2 N–H and O–H groups in total. The zero-order valence-electron chi connectivity index (χ0n) is 15.2. The Morgan fingerprint density at radius 1 is 1.23 bits per heavy atom. The fourth-order valence-corrected chi connectivity index (χ4v) is 2.84. The lowest BCUT2D eigenvalue weighted by atomic mass is 10.2. The molecule has 0 aliphatic heterocycles. The molecule has 13 heteroatoms. The highest BCUT2D eigenvalue weighted by Gasteiger charge is 2.33. The Balaban J connectivity index is 1.78. The van der Waals surface area contributed by atoms with Gasteiger partial charge in [-0.1, -0.05) is 11.6 Å². The van der Waals surface area contributed by atoms with E-state index in [-0.39, 0.29) is 17.3 Å². The van der Waals surface area contributed by atoms with E-state index in [1.807, 2.05) is 4.57 Å². The van der Waals surface area contributed by atoms with Gasteiger partial charge in [0, 0.05) is 31.2 Å². The lowest BCUT2D eigenvalue weighted by molar-refractivity contribution is -0.383. The molecule has 0 unspecified atom stereocenters. The first-order valence-electron chi connectivity index (χ1n) is 8.58. The number of nitrogens with one attached hydrogen (secondary N) is 2. The van der Waals surface area contributed by atoms with Crippen LogP contribution in [0.3, 0.4) is 0 Å². The quantitative estimate of drug-likeness (QED) is 0.301. The van der Waals surface area contributed by atoms with E-state index in [1.165, 1.54) is 6.07 Å². The number of imidazole rings is 1. The molecule has 0 bridgehead atoms. The molecule has 1 aromatic carbocycles. The molecule has 0 amide bonds. The number of anilines is 3. The Kier molecular flexibility index (Phi) is 6.35. The van der Waals surface area contributed by atoms with Gasteiger partial charge in [0.25, 0.3) is 0 Å². The van der Waals surface area contributed by atoms with Gasteiger partial charge in [-0.05, 0) is 24.6 Å². The van der Waals surface area contributed by atoms with Gasteiger partial charge in [-0.15, -0.1) is 0 Å². The third-order valence-corrected chi connectivity index (χ3v) is 4.31. The number of aryl methyl sites for hydroxylation is 1. The summed E-state index contributed by atoms with van der Waals surface area (Å²) in [6, 6.07) is 3.07. The van der Waals surface area contributed by atoms with Crippen molar-refractivity contribution in [2.45, 2.75) is 19.1 Å². The van der Waals surface area contributed by atoms with E-state index in [0.29, 0.717) is 19.5 Å². The molecule has 0 saturated heterocycles. The smallest absolute Gasteiger partial charge is 0.364 e. The van der Waals surface area contributed by atoms with Gasteiger partial charge in [-0.2, -0.15) is 13.2 Å². The lowest BCUT2D eigenvalue weighted by Gasteiger charge is -2.13. The second kappa shape index (κ2) is 8.95. The first kappa shape index (κ1) is 21.3. The first-order valence-corrected chi connectivity index (χ1v) is 8.96. The van der Waals surface area contributed by atoms with Gasteiger partial charge >= 0.3 is 11.9 Å². The molecule has 0 aliphatic carbocycles. The fourth-order valence-electron chi connectivity index (χ4n) is 2.62. The number of hydrogen-bond donors (Lipinski definition) is 2. The molecule has 9 nitrogen and oxygen atoms in total. The van der Waals surface area contributed by atoms with Crippen LogP contribution in [0.1, 0.15) is 12.0 Å². The van der Waals surface area contributed by atoms with Crippen LogP contribution in [0.15, 0.2) is 43.2 Å². The zero-order chi connectivity index (χ0) is 21.7. The molecule has 0 aliphatic rings. The first-order chi connectivity index (χ1) is 14.3. The number of benzene rings is 1. The maximum atomic E-state index is 13.1. The number of alkyl halides is 3. The SMILES string of the molecule is O=[N+]([O-])c1c(NCCCn2ccnc2)ncnc1Nc1ccc(Cl)c(C(F)(F)F)c1. The van der Waals surface area contributed by atoms with Crippen molar-refractivity contribution in [1.29, 1.82) is 0 Å². The van der Waals surface area contributed by atoms with Gasteiger partial charge in [-0.25, -0.2) is 15.0 Å². The van der Waals surface area contributed by atoms with E-state index in [2.05, 4.69) is 25.6 Å². The molecule has 30 heavy (non-hydrogen) atoms. The van der Waals surface area contributed by atoms with Gasteiger partial charge in [0.2, 0.25) is 11.6 Å². The third-order valence-electron chi connectivity index (χ3n) is 3.98. The number of rotatable bonds is 8. The van der Waals surface area contributed by atoms with Crippen LogP contribution in [0, 0.1) is 10.1 Å². The minimum Gasteiger partial charge on any atom is -0.364 e. The Morgan fingerprint density at radius 3 is 2.67 bits per heavy atom. The Hall–Kier alpha value is -3.41. The number of nitro groups is 1. The normalized spacial score (nSPS) is 11.3. The van der Waals surface area contributed by atoms with Gasteiger partial charge in [0.05, 0.1) is 21.8 Å². The third kappa shape index (κ3) is 5.14. The summed E-state index contributed by atoms with van der Waals surface area (Å²) in [7, 11) is 0. The van der Waals surface area contributed by atoms with Crippen LogP contribution < -0.4 is 10.6 Å². The van der Waals surface area contributed by atoms with Crippen molar-refractivity contribution >= 4 is 34.6 Å². The van der Waals surface area contributed by atoms with Gasteiger partial charge in [0.1, 0.15) is 6.33 Å². The van der Waals surface area contributed by atoms with Crippen LogP contribution in [0.2, 0.25) is 5.02 Å². The number of hydrogen-bond acceptors (Lipinski definition) is 7. The van der Waals surface area contributed by atoms with Crippen molar-refractivity contribution in [2.75, 3.05) is 17.2 Å². The van der Waals surface area contributed by atoms with E-state index in [0.717, 1.165) is 18.5 Å². The van der Waals surface area contributed by atoms with Gasteiger partial charge < -0.3 is 15.2 Å². The topological polar surface area (TPSA) is 111 Å². The minimum atomic E-state index is -4.67. The molecular weight excluding hydrogens is 427 g/mol. The van der Waals surface area contributed by atoms with Crippen LogP contribution in [-0.2, 0) is 12.7 Å². The predicted molar refractivity (Wildman–Crippen MR) is 104 cm³/mol. The summed E-state index contributed by atoms with van der Waals surface area (Å²) >= 11 is 5.60. The van der Waals surface area contributed by atoms with Crippen LogP contribution >= 0.6 is 11.6 Å². The molecule has 0 radical (unpaired) electrons. The highest BCUT2D eigenvalue weighted by Crippen LogP contribution is 2.38. The molecule has 2 aromatic heterocycles. The summed E-state index contributed by atoms with van der Waals surface area (Å²) in [4.78, 5) is 22.5. The standard InChI is InChI=1S/C17H15ClF3N7O2/c18-13-3-2-11(8-12(13)17(19,20)21)26-16-14(28(29)30)15(24-9-25-16)23-4-1-6-27-7-5-22-10-27/h2-3,5,7-10H,1,4,6H2,(H2,23,24,25,26). The average Bonchev–Trinajstić information content (AvgIpc) is 3.19. The van der Waals surface area contributed by atoms with Crippen molar-refractivity contribution in [3.05, 3.63) is 63.9 Å².